The molecule has 6 heteroatoms. The Morgan fingerprint density at radius 3 is 3.09 bits per heavy atom. The van der Waals surface area contributed by atoms with Crippen LogP contribution in [0, 0.1) is 11.8 Å². The summed E-state index contributed by atoms with van der Waals surface area (Å²) in [7, 11) is 0. The van der Waals surface area contributed by atoms with Gasteiger partial charge in [-0.1, -0.05) is 23.7 Å². The Bertz CT molecular complexity index is 642. The Kier molecular flexibility index (Phi) is 4.68. The van der Waals surface area contributed by atoms with Gasteiger partial charge in [0, 0.05) is 23.3 Å². The largest absolute Gasteiger partial charge is 0.485 e. The van der Waals surface area contributed by atoms with Crippen molar-refractivity contribution in [2.24, 2.45) is 11.8 Å². The van der Waals surface area contributed by atoms with Crippen LogP contribution in [-0.4, -0.2) is 35.7 Å². The Morgan fingerprint density at radius 1 is 1.48 bits per heavy atom. The van der Waals surface area contributed by atoms with E-state index in [1.807, 2.05) is 0 Å². The molecule has 1 heterocycles. The predicted octanol–water partition coefficient (Wildman–Crippen LogP) is 2.16. The summed E-state index contributed by atoms with van der Waals surface area (Å²) in [6, 6.07) is 6.81. The Balaban J connectivity index is 1.55. The molecule has 1 N–H and O–H groups in total. The van der Waals surface area contributed by atoms with Crippen LogP contribution >= 0.6 is 11.6 Å². The van der Waals surface area contributed by atoms with Gasteiger partial charge in [0.05, 0.1) is 12.5 Å². The summed E-state index contributed by atoms with van der Waals surface area (Å²) in [4.78, 5) is 23.2. The highest BCUT2D eigenvalue weighted by atomic mass is 35.5. The van der Waals surface area contributed by atoms with E-state index in [1.165, 1.54) is 6.08 Å². The van der Waals surface area contributed by atoms with E-state index in [0.29, 0.717) is 23.6 Å². The lowest BCUT2D eigenvalue weighted by molar-refractivity contribution is -0.141. The first-order chi connectivity index (χ1) is 11.0. The van der Waals surface area contributed by atoms with Crippen LogP contribution in [-0.2, 0) is 14.3 Å². The summed E-state index contributed by atoms with van der Waals surface area (Å²) in [6.07, 6.45) is 2.98. The zero-order valence-corrected chi connectivity index (χ0v) is 13.1. The summed E-state index contributed by atoms with van der Waals surface area (Å²) >= 11 is 5.84. The summed E-state index contributed by atoms with van der Waals surface area (Å²) in [5.41, 5.74) is 0. The van der Waals surface area contributed by atoms with Gasteiger partial charge in [0.15, 0.2) is 12.4 Å². The second-order valence-corrected chi connectivity index (χ2v) is 6.28. The summed E-state index contributed by atoms with van der Waals surface area (Å²) < 4.78 is 10.5. The van der Waals surface area contributed by atoms with E-state index >= 15 is 0 Å². The lowest BCUT2D eigenvalue weighted by Crippen LogP contribution is -2.18. The monoisotopic (exact) mass is 336 g/mol. The normalized spacial score (nSPS) is 29.6. The fourth-order valence-electron chi connectivity index (χ4n) is 3.16. The average molecular weight is 337 g/mol. The van der Waals surface area contributed by atoms with E-state index in [4.69, 9.17) is 21.1 Å². The van der Waals surface area contributed by atoms with Gasteiger partial charge in [-0.2, -0.15) is 0 Å². The topological polar surface area (TPSA) is 72.8 Å². The highest BCUT2D eigenvalue weighted by Crippen LogP contribution is 2.41. The van der Waals surface area contributed by atoms with Crippen molar-refractivity contribution in [1.82, 2.24) is 0 Å². The molecule has 1 aromatic carbocycles. The molecule has 1 unspecified atom stereocenters. The number of benzene rings is 1. The molecule has 0 aromatic heterocycles. The first-order valence-electron chi connectivity index (χ1n) is 7.50. The van der Waals surface area contributed by atoms with Crippen molar-refractivity contribution in [3.8, 4) is 5.75 Å². The number of ketones is 1. The quantitative estimate of drug-likeness (QED) is 0.659. The van der Waals surface area contributed by atoms with Crippen molar-refractivity contribution in [2.45, 2.75) is 25.0 Å². The number of fused-ring (bicyclic) bond motifs is 1. The lowest BCUT2D eigenvalue weighted by atomic mass is 9.91. The van der Waals surface area contributed by atoms with Crippen LogP contribution < -0.4 is 4.74 Å². The van der Waals surface area contributed by atoms with Gasteiger partial charge >= 0.3 is 5.97 Å². The van der Waals surface area contributed by atoms with Gasteiger partial charge in [-0.05, 0) is 24.3 Å². The number of aliphatic hydroxyl groups is 1. The first-order valence-corrected chi connectivity index (χ1v) is 7.87. The molecular formula is C17H17ClO5. The van der Waals surface area contributed by atoms with Crippen molar-refractivity contribution < 1.29 is 24.2 Å². The van der Waals surface area contributed by atoms with Crippen molar-refractivity contribution in [1.29, 1.82) is 0 Å². The Morgan fingerprint density at radius 2 is 2.30 bits per heavy atom. The van der Waals surface area contributed by atoms with Gasteiger partial charge in [-0.15, -0.1) is 0 Å². The van der Waals surface area contributed by atoms with E-state index in [2.05, 4.69) is 0 Å². The van der Waals surface area contributed by atoms with Gasteiger partial charge in [0.1, 0.15) is 11.9 Å². The van der Waals surface area contributed by atoms with Crippen LogP contribution in [0.25, 0.3) is 0 Å². The molecule has 1 aromatic rings. The maximum absolute atomic E-state index is 11.9. The molecule has 2 fully saturated rings. The predicted molar refractivity (Wildman–Crippen MR) is 83.2 cm³/mol. The minimum absolute atomic E-state index is 0.0459. The zero-order valence-electron chi connectivity index (χ0n) is 12.4. The fraction of sp³-hybridized carbons (Fsp3) is 0.412. The molecule has 5 nitrogen and oxygen atoms in total. The molecule has 3 rings (SSSR count). The van der Waals surface area contributed by atoms with Crippen LogP contribution in [0.5, 0.6) is 5.75 Å². The standard InChI is InChI=1S/C17H17ClO5/c18-10-2-1-3-12(6-10)22-9-11(19)4-5-13-14-7-17(21)23-16(14)8-15(13)20/h1-6,13-16,20H,7-9H2/b5-4+/t13?,14-,15-,16+/m1/s1. The smallest absolute Gasteiger partial charge is 0.306 e. The molecule has 4 atom stereocenters. The number of ether oxygens (including phenoxy) is 2. The second kappa shape index (κ2) is 6.72. The van der Waals surface area contributed by atoms with E-state index in [0.717, 1.165) is 0 Å². The maximum Gasteiger partial charge on any atom is 0.306 e. The van der Waals surface area contributed by atoms with Crippen LogP contribution in [0.2, 0.25) is 5.02 Å². The number of hydrogen-bond acceptors (Lipinski definition) is 5. The summed E-state index contributed by atoms with van der Waals surface area (Å²) in [5, 5.41) is 10.6. The number of carbonyl (C=O) groups excluding carboxylic acids is 2. The molecule has 1 aliphatic carbocycles. The summed E-state index contributed by atoms with van der Waals surface area (Å²) in [5.74, 6) is -0.209. The number of halogens is 1. The molecule has 23 heavy (non-hydrogen) atoms. The molecule has 1 saturated heterocycles. The molecule has 0 spiro atoms. The van der Waals surface area contributed by atoms with Gasteiger partial charge in [-0.3, -0.25) is 9.59 Å². The molecule has 1 aliphatic heterocycles. The van der Waals surface area contributed by atoms with E-state index in [1.54, 1.807) is 30.3 Å². The third-order valence-corrected chi connectivity index (χ3v) is 4.49. The lowest BCUT2D eigenvalue weighted by Gasteiger charge is -2.14. The van der Waals surface area contributed by atoms with Crippen LogP contribution in [0.4, 0.5) is 0 Å². The van der Waals surface area contributed by atoms with E-state index in [9.17, 15) is 14.7 Å². The number of esters is 1. The number of rotatable bonds is 5. The van der Waals surface area contributed by atoms with E-state index in [-0.39, 0.29) is 36.3 Å². The Labute approximate surface area is 138 Å². The molecule has 0 radical (unpaired) electrons. The van der Waals surface area contributed by atoms with Crippen molar-refractivity contribution >= 4 is 23.4 Å². The fourth-order valence-corrected chi connectivity index (χ4v) is 3.34. The second-order valence-electron chi connectivity index (χ2n) is 5.85. The molecule has 0 amide bonds. The minimum Gasteiger partial charge on any atom is -0.485 e. The highest BCUT2D eigenvalue weighted by Gasteiger charge is 2.48. The Hall–Kier alpha value is -1.85. The molecular weight excluding hydrogens is 320 g/mol. The number of aliphatic hydroxyl groups excluding tert-OH is 1. The number of carbonyl (C=O) groups is 2. The SMILES string of the molecule is O=C(/C=C/C1[C@H](O)C[C@@H]2OC(=O)C[C@H]12)COc1cccc(Cl)c1. The molecule has 1 saturated carbocycles. The van der Waals surface area contributed by atoms with Crippen molar-refractivity contribution in [2.75, 3.05) is 6.61 Å². The van der Waals surface area contributed by atoms with Crippen LogP contribution in [0.1, 0.15) is 12.8 Å². The van der Waals surface area contributed by atoms with Crippen LogP contribution in [0.15, 0.2) is 36.4 Å². The molecule has 2 aliphatic rings. The number of hydrogen-bond donors (Lipinski definition) is 1. The average Bonchev–Trinajstić information content (AvgIpc) is 2.98. The minimum atomic E-state index is -0.587. The van der Waals surface area contributed by atoms with Gasteiger partial charge in [0.2, 0.25) is 0 Å². The molecule has 122 valence electrons. The van der Waals surface area contributed by atoms with E-state index < -0.39 is 6.10 Å². The van der Waals surface area contributed by atoms with Gasteiger partial charge < -0.3 is 14.6 Å². The van der Waals surface area contributed by atoms with Crippen LogP contribution in [0.3, 0.4) is 0 Å². The highest BCUT2D eigenvalue weighted by molar-refractivity contribution is 6.30. The van der Waals surface area contributed by atoms with Crippen molar-refractivity contribution in [3.63, 3.8) is 0 Å². The molecule has 0 bridgehead atoms. The third-order valence-electron chi connectivity index (χ3n) is 4.26. The zero-order chi connectivity index (χ0) is 16.4. The maximum atomic E-state index is 11.9. The first kappa shape index (κ1) is 16.0. The van der Waals surface area contributed by atoms with Crippen molar-refractivity contribution in [3.05, 3.63) is 41.4 Å². The van der Waals surface area contributed by atoms with Gasteiger partial charge in [0.25, 0.3) is 0 Å². The summed E-state index contributed by atoms with van der Waals surface area (Å²) in [6.45, 7) is -0.108. The third kappa shape index (κ3) is 3.74. The van der Waals surface area contributed by atoms with Gasteiger partial charge in [-0.25, -0.2) is 0 Å².